The molecule has 10 heteroatoms. The third kappa shape index (κ3) is 5.23. The number of carbonyl (C=O) groups is 3. The molecule has 2 aromatic rings. The van der Waals surface area contributed by atoms with Crippen LogP contribution in [0.1, 0.15) is 5.56 Å². The van der Waals surface area contributed by atoms with Gasteiger partial charge in [0.2, 0.25) is 5.91 Å². The number of nitrogens with one attached hydrogen (secondary N) is 2. The molecule has 0 saturated carbocycles. The van der Waals surface area contributed by atoms with Crippen LogP contribution in [0.15, 0.2) is 53.6 Å². The maximum absolute atomic E-state index is 12.8. The molecule has 0 spiro atoms. The number of hydrogen-bond acceptors (Lipinski definition) is 7. The Bertz CT molecular complexity index is 1040. The number of aryl methyl sites for hydroxylation is 1. The van der Waals surface area contributed by atoms with E-state index < -0.39 is 23.6 Å². The quantitative estimate of drug-likeness (QED) is 0.293. The second-order valence-electron chi connectivity index (χ2n) is 6.53. The highest BCUT2D eigenvalue weighted by Gasteiger charge is 2.38. The highest BCUT2D eigenvalue weighted by atomic mass is 32.1. The van der Waals surface area contributed by atoms with E-state index in [1.54, 1.807) is 36.4 Å². The highest BCUT2D eigenvalue weighted by Crippen LogP contribution is 2.25. The monoisotopic (exact) mass is 440 g/mol. The van der Waals surface area contributed by atoms with E-state index in [4.69, 9.17) is 21.7 Å². The van der Waals surface area contributed by atoms with Gasteiger partial charge in [0.25, 0.3) is 11.8 Å². The lowest BCUT2D eigenvalue weighted by Crippen LogP contribution is -2.58. The third-order valence-corrected chi connectivity index (χ3v) is 4.62. The van der Waals surface area contributed by atoms with Gasteiger partial charge in [-0.3, -0.25) is 19.3 Å². The molecule has 0 bridgehead atoms. The first kappa shape index (κ1) is 21.9. The van der Waals surface area contributed by atoms with Crippen molar-refractivity contribution in [2.45, 2.75) is 6.92 Å². The molecule has 31 heavy (non-hydrogen) atoms. The largest absolute Gasteiger partial charge is 0.493 e. The van der Waals surface area contributed by atoms with Crippen molar-refractivity contribution in [2.75, 3.05) is 18.6 Å². The Morgan fingerprint density at radius 3 is 2.55 bits per heavy atom. The van der Waals surface area contributed by atoms with Gasteiger partial charge in [0.05, 0.1) is 12.8 Å². The number of para-hydroxylation sites is 2. The van der Waals surface area contributed by atoms with Crippen LogP contribution in [-0.2, 0) is 14.4 Å². The third-order valence-electron chi connectivity index (χ3n) is 4.33. The normalized spacial score (nSPS) is 16.3. The second kappa shape index (κ2) is 9.81. The van der Waals surface area contributed by atoms with Crippen molar-refractivity contribution >= 4 is 47.0 Å². The van der Waals surface area contributed by atoms with Crippen molar-refractivity contribution in [3.05, 3.63) is 54.1 Å². The zero-order valence-electron chi connectivity index (χ0n) is 16.8. The maximum atomic E-state index is 12.8. The standard InChI is InChI=1S/C21H20N4O5S/c1-13-7-9-14(10-8-13)25-20(28)15(19(27)23-21(25)31)11-22-24-18(26)12-30-17-6-4-3-5-16(17)29-2/h3-11,15H,12H2,1-2H3,(H,24,26)(H,23,27,31)/b22-11-/t15-/m0/s1. The van der Waals surface area contributed by atoms with E-state index in [0.717, 1.165) is 11.8 Å². The SMILES string of the molecule is COc1ccccc1OCC(=O)N/N=C\[C@H]1C(=O)NC(=S)N(c2ccc(C)cc2)C1=O. The summed E-state index contributed by atoms with van der Waals surface area (Å²) in [7, 11) is 1.49. The van der Waals surface area contributed by atoms with E-state index >= 15 is 0 Å². The minimum Gasteiger partial charge on any atom is -0.493 e. The molecule has 1 aliphatic heterocycles. The number of ether oxygens (including phenoxy) is 2. The first-order valence-corrected chi connectivity index (χ1v) is 9.65. The predicted octanol–water partition coefficient (Wildman–Crippen LogP) is 1.55. The van der Waals surface area contributed by atoms with Gasteiger partial charge < -0.3 is 14.8 Å². The fourth-order valence-corrected chi connectivity index (χ4v) is 3.05. The van der Waals surface area contributed by atoms with Crippen molar-refractivity contribution in [3.8, 4) is 11.5 Å². The molecule has 2 N–H and O–H groups in total. The fraction of sp³-hybridized carbons (Fsp3) is 0.190. The fourth-order valence-electron chi connectivity index (χ4n) is 2.76. The Morgan fingerprint density at radius 2 is 1.87 bits per heavy atom. The van der Waals surface area contributed by atoms with E-state index in [9.17, 15) is 14.4 Å². The van der Waals surface area contributed by atoms with E-state index in [2.05, 4.69) is 15.8 Å². The van der Waals surface area contributed by atoms with Gasteiger partial charge in [0, 0.05) is 6.21 Å². The number of amides is 3. The molecule has 0 aromatic heterocycles. The molecule has 160 valence electrons. The molecule has 1 saturated heterocycles. The highest BCUT2D eigenvalue weighted by molar-refractivity contribution is 7.80. The maximum Gasteiger partial charge on any atom is 0.277 e. The Labute approximate surface area is 184 Å². The Kier molecular flexibility index (Phi) is 6.93. The molecule has 1 heterocycles. The number of hydrazone groups is 1. The van der Waals surface area contributed by atoms with Crippen LogP contribution in [0.2, 0.25) is 0 Å². The summed E-state index contributed by atoms with van der Waals surface area (Å²) in [6.07, 6.45) is 1.06. The van der Waals surface area contributed by atoms with E-state index in [1.807, 2.05) is 19.1 Å². The van der Waals surface area contributed by atoms with Gasteiger partial charge in [-0.25, -0.2) is 5.43 Å². The van der Waals surface area contributed by atoms with Crippen molar-refractivity contribution in [1.82, 2.24) is 10.7 Å². The van der Waals surface area contributed by atoms with Crippen LogP contribution in [0.5, 0.6) is 11.5 Å². The summed E-state index contributed by atoms with van der Waals surface area (Å²) >= 11 is 5.14. The predicted molar refractivity (Wildman–Crippen MR) is 118 cm³/mol. The lowest BCUT2D eigenvalue weighted by molar-refractivity contribution is -0.130. The summed E-state index contributed by atoms with van der Waals surface area (Å²) in [5.41, 5.74) is 3.77. The summed E-state index contributed by atoms with van der Waals surface area (Å²) in [6.45, 7) is 1.58. The van der Waals surface area contributed by atoms with Gasteiger partial charge in [0.1, 0.15) is 0 Å². The summed E-state index contributed by atoms with van der Waals surface area (Å²) in [4.78, 5) is 38.2. The molecule has 0 aliphatic carbocycles. The molecule has 2 aromatic carbocycles. The summed E-state index contributed by atoms with van der Waals surface area (Å²) in [6, 6.07) is 14.0. The van der Waals surface area contributed by atoms with Gasteiger partial charge in [-0.2, -0.15) is 5.10 Å². The van der Waals surface area contributed by atoms with Gasteiger partial charge in [0.15, 0.2) is 29.1 Å². The minimum atomic E-state index is -1.25. The van der Waals surface area contributed by atoms with E-state index in [0.29, 0.717) is 17.2 Å². The second-order valence-corrected chi connectivity index (χ2v) is 6.92. The summed E-state index contributed by atoms with van der Waals surface area (Å²) < 4.78 is 10.5. The number of methoxy groups -OCH3 is 1. The molecule has 1 atom stereocenters. The lowest BCUT2D eigenvalue weighted by atomic mass is 10.1. The summed E-state index contributed by atoms with van der Waals surface area (Å²) in [5, 5.41) is 6.19. The first-order valence-electron chi connectivity index (χ1n) is 9.24. The summed E-state index contributed by atoms with van der Waals surface area (Å²) in [5.74, 6) is -2.13. The van der Waals surface area contributed by atoms with Crippen LogP contribution in [0, 0.1) is 12.8 Å². The molecule has 1 fully saturated rings. The van der Waals surface area contributed by atoms with Crippen molar-refractivity contribution < 1.29 is 23.9 Å². The smallest absolute Gasteiger partial charge is 0.277 e. The Hall–Kier alpha value is -3.79. The molecule has 3 amide bonds. The van der Waals surface area contributed by atoms with Crippen molar-refractivity contribution in [1.29, 1.82) is 0 Å². The van der Waals surface area contributed by atoms with Crippen LogP contribution in [0.3, 0.4) is 0 Å². The number of thiocarbonyl (C=S) groups is 1. The van der Waals surface area contributed by atoms with Crippen LogP contribution in [0.25, 0.3) is 0 Å². The number of nitrogens with zero attached hydrogens (tertiary/aromatic N) is 2. The zero-order chi connectivity index (χ0) is 22.4. The average Bonchev–Trinajstić information content (AvgIpc) is 2.76. The van der Waals surface area contributed by atoms with E-state index in [1.165, 1.54) is 12.0 Å². The topological polar surface area (TPSA) is 109 Å². The molecule has 0 radical (unpaired) electrons. The molecule has 0 unspecified atom stereocenters. The molecular weight excluding hydrogens is 420 g/mol. The number of carbonyl (C=O) groups excluding carboxylic acids is 3. The zero-order valence-corrected chi connectivity index (χ0v) is 17.6. The lowest BCUT2D eigenvalue weighted by Gasteiger charge is -2.30. The van der Waals surface area contributed by atoms with Crippen LogP contribution in [0.4, 0.5) is 5.69 Å². The molecule has 9 nitrogen and oxygen atoms in total. The molecular formula is C21H20N4O5S. The van der Waals surface area contributed by atoms with Crippen LogP contribution >= 0.6 is 12.2 Å². The number of anilines is 1. The van der Waals surface area contributed by atoms with E-state index in [-0.39, 0.29) is 11.7 Å². The molecule has 3 rings (SSSR count). The van der Waals surface area contributed by atoms with Crippen molar-refractivity contribution in [3.63, 3.8) is 0 Å². The van der Waals surface area contributed by atoms with Gasteiger partial charge in [-0.1, -0.05) is 29.8 Å². The van der Waals surface area contributed by atoms with Crippen LogP contribution in [-0.4, -0.2) is 42.8 Å². The average molecular weight is 440 g/mol. The van der Waals surface area contributed by atoms with Crippen LogP contribution < -0.4 is 25.1 Å². The van der Waals surface area contributed by atoms with Crippen molar-refractivity contribution in [2.24, 2.45) is 11.0 Å². The first-order chi connectivity index (χ1) is 14.9. The minimum absolute atomic E-state index is 0.0160. The number of hydrogen-bond donors (Lipinski definition) is 2. The Morgan fingerprint density at radius 1 is 1.19 bits per heavy atom. The number of benzene rings is 2. The van der Waals surface area contributed by atoms with Gasteiger partial charge >= 0.3 is 0 Å². The van der Waals surface area contributed by atoms with Gasteiger partial charge in [-0.05, 0) is 43.4 Å². The Balaban J connectivity index is 1.61. The molecule has 1 aliphatic rings. The number of rotatable bonds is 7. The van der Waals surface area contributed by atoms with Gasteiger partial charge in [-0.15, -0.1) is 0 Å².